The average molecular weight is 536 g/mol. The van der Waals surface area contributed by atoms with Gasteiger partial charge in [0.2, 0.25) is 0 Å². The first-order valence-corrected chi connectivity index (χ1v) is 9.87. The summed E-state index contributed by atoms with van der Waals surface area (Å²) >= 11 is 0.485. The molecule has 2 rings (SSSR count). The lowest BCUT2D eigenvalue weighted by Gasteiger charge is -2.14. The second-order valence-electron chi connectivity index (χ2n) is 6.00. The molecule has 0 unspecified atom stereocenters. The van der Waals surface area contributed by atoms with Gasteiger partial charge in [0.05, 0.1) is 46.3 Å². The van der Waals surface area contributed by atoms with Crippen LogP contribution < -0.4 is 8.37 Å². The van der Waals surface area contributed by atoms with Crippen LogP contribution in [0.1, 0.15) is 22.3 Å². The highest BCUT2D eigenvalue weighted by Gasteiger charge is 2.38. The molecular formula is C17H8F12O2S2. The molecule has 16 heteroatoms. The summed E-state index contributed by atoms with van der Waals surface area (Å²) < 4.78 is 163. The molecule has 0 N–H and O–H groups in total. The molecule has 2 aromatic rings. The summed E-state index contributed by atoms with van der Waals surface area (Å²) in [4.78, 5) is 0. The first-order valence-electron chi connectivity index (χ1n) is 8.05. The lowest BCUT2D eigenvalue weighted by molar-refractivity contribution is -0.144. The van der Waals surface area contributed by atoms with Crippen LogP contribution in [0.2, 0.25) is 0 Å². The van der Waals surface area contributed by atoms with Crippen LogP contribution >= 0.6 is 24.1 Å². The van der Waals surface area contributed by atoms with Gasteiger partial charge in [0.15, 0.2) is 0 Å². The molecular weight excluding hydrogens is 528 g/mol. The Bertz CT molecular complexity index is 822. The van der Waals surface area contributed by atoms with Crippen LogP contribution in [-0.2, 0) is 24.7 Å². The summed E-state index contributed by atoms with van der Waals surface area (Å²) in [5, 5.41) is -0.449. The largest absolute Gasteiger partial charge is 0.425 e. The molecule has 0 heterocycles. The number of halogens is 12. The van der Waals surface area contributed by atoms with E-state index in [2.05, 4.69) is 0 Å². The summed E-state index contributed by atoms with van der Waals surface area (Å²) in [5.41, 5.74) is -6.55. The number of hydrogen-bond acceptors (Lipinski definition) is 4. The zero-order valence-electron chi connectivity index (χ0n) is 15.3. The molecule has 0 atom stereocenters. The van der Waals surface area contributed by atoms with Gasteiger partial charge in [-0.1, -0.05) is 0 Å². The second-order valence-corrected chi connectivity index (χ2v) is 7.75. The minimum Gasteiger partial charge on any atom is -0.425 e. The quantitative estimate of drug-likeness (QED) is 0.160. The summed E-state index contributed by atoms with van der Waals surface area (Å²) in [7, 11) is 0. The van der Waals surface area contributed by atoms with E-state index < -0.39 is 63.5 Å². The van der Waals surface area contributed by atoms with Crippen molar-refractivity contribution in [2.24, 2.45) is 0 Å². The number of hydrogen-bond donors (Lipinski definition) is 0. The lowest BCUT2D eigenvalue weighted by Crippen LogP contribution is -2.11. The molecule has 2 aromatic carbocycles. The molecule has 0 aliphatic heterocycles. The van der Waals surface area contributed by atoms with E-state index in [1.165, 1.54) is 0 Å². The third-order valence-corrected chi connectivity index (χ3v) is 4.92. The maximum Gasteiger partial charge on any atom is 0.416 e. The first-order chi connectivity index (χ1) is 14.9. The Morgan fingerprint density at radius 1 is 0.455 bits per heavy atom. The molecule has 0 radical (unpaired) electrons. The van der Waals surface area contributed by atoms with Crippen molar-refractivity contribution in [2.75, 3.05) is 5.08 Å². The maximum atomic E-state index is 12.8. The van der Waals surface area contributed by atoms with Crippen LogP contribution in [0.3, 0.4) is 0 Å². The molecule has 0 aliphatic rings. The Morgan fingerprint density at radius 2 is 0.697 bits per heavy atom. The maximum absolute atomic E-state index is 12.8. The molecule has 0 amide bonds. The monoisotopic (exact) mass is 536 g/mol. The Kier molecular flexibility index (Phi) is 7.93. The predicted octanol–water partition coefficient (Wildman–Crippen LogP) is 8.47. The third-order valence-electron chi connectivity index (χ3n) is 3.53. The number of rotatable bonds is 6. The van der Waals surface area contributed by atoms with Gasteiger partial charge >= 0.3 is 24.7 Å². The van der Waals surface area contributed by atoms with Crippen LogP contribution in [0.25, 0.3) is 0 Å². The van der Waals surface area contributed by atoms with Gasteiger partial charge in [-0.05, 0) is 36.4 Å². The highest BCUT2D eigenvalue weighted by atomic mass is 32.2. The summed E-state index contributed by atoms with van der Waals surface area (Å²) in [6.45, 7) is 0. The Morgan fingerprint density at radius 3 is 0.909 bits per heavy atom. The van der Waals surface area contributed by atoms with Gasteiger partial charge < -0.3 is 8.37 Å². The van der Waals surface area contributed by atoms with Crippen molar-refractivity contribution in [2.45, 2.75) is 24.7 Å². The van der Waals surface area contributed by atoms with Crippen LogP contribution in [0.4, 0.5) is 52.7 Å². The van der Waals surface area contributed by atoms with E-state index in [4.69, 9.17) is 8.37 Å². The summed E-state index contributed by atoms with van der Waals surface area (Å²) in [6, 6.07) is 0.904. The minimum absolute atomic E-state index is 0.124. The fraction of sp³-hybridized carbons (Fsp3) is 0.294. The average Bonchev–Trinajstić information content (AvgIpc) is 2.64. The van der Waals surface area contributed by atoms with E-state index >= 15 is 0 Å². The third kappa shape index (κ3) is 8.01. The SMILES string of the molecule is FC(F)(F)c1cc(OSCSOc2cc(C(F)(F)F)cc(C(F)(F)F)c2)cc(C(F)(F)F)c1. The van der Waals surface area contributed by atoms with Crippen molar-refractivity contribution >= 4 is 24.1 Å². The highest BCUT2D eigenvalue weighted by Crippen LogP contribution is 2.40. The van der Waals surface area contributed by atoms with Crippen molar-refractivity contribution in [1.82, 2.24) is 0 Å². The van der Waals surface area contributed by atoms with Gasteiger partial charge in [-0.3, -0.25) is 0 Å². The Hall–Kier alpha value is -2.10. The van der Waals surface area contributed by atoms with E-state index in [1.807, 2.05) is 0 Å². The molecule has 0 aromatic heterocycles. The molecule has 2 nitrogen and oxygen atoms in total. The molecule has 0 spiro atoms. The van der Waals surface area contributed by atoms with Crippen LogP contribution in [0.5, 0.6) is 11.5 Å². The van der Waals surface area contributed by atoms with Gasteiger partial charge in [0.25, 0.3) is 0 Å². The van der Waals surface area contributed by atoms with Gasteiger partial charge in [-0.25, -0.2) is 0 Å². The zero-order valence-corrected chi connectivity index (χ0v) is 17.0. The summed E-state index contributed by atoms with van der Waals surface area (Å²) in [6.07, 6.45) is -20.4. The first kappa shape index (κ1) is 27.1. The molecule has 0 aliphatic carbocycles. The molecule has 0 fully saturated rings. The topological polar surface area (TPSA) is 18.5 Å². The van der Waals surface area contributed by atoms with Crippen LogP contribution in [-0.4, -0.2) is 5.08 Å². The molecule has 0 saturated heterocycles. The van der Waals surface area contributed by atoms with E-state index in [9.17, 15) is 52.7 Å². The zero-order chi connectivity index (χ0) is 25.2. The van der Waals surface area contributed by atoms with Crippen molar-refractivity contribution in [3.63, 3.8) is 0 Å². The molecule has 0 bridgehead atoms. The molecule has 0 saturated carbocycles. The smallest absolute Gasteiger partial charge is 0.416 e. The van der Waals surface area contributed by atoms with Crippen molar-refractivity contribution in [3.8, 4) is 11.5 Å². The van der Waals surface area contributed by atoms with E-state index in [1.54, 1.807) is 0 Å². The minimum atomic E-state index is -5.11. The van der Waals surface area contributed by atoms with Gasteiger partial charge in [-0.15, -0.1) is 0 Å². The Labute approximate surface area is 185 Å². The normalized spacial score (nSPS) is 13.2. The van der Waals surface area contributed by atoms with E-state index in [-0.39, 0.29) is 60.5 Å². The van der Waals surface area contributed by atoms with Gasteiger partial charge in [-0.2, -0.15) is 52.7 Å². The van der Waals surface area contributed by atoms with Crippen LogP contribution in [0.15, 0.2) is 36.4 Å². The van der Waals surface area contributed by atoms with Crippen molar-refractivity contribution < 1.29 is 61.1 Å². The second kappa shape index (κ2) is 9.64. The number of benzene rings is 2. The van der Waals surface area contributed by atoms with Gasteiger partial charge in [0, 0.05) is 0 Å². The van der Waals surface area contributed by atoms with E-state index in [0.717, 1.165) is 0 Å². The predicted molar refractivity (Wildman–Crippen MR) is 94.2 cm³/mol. The van der Waals surface area contributed by atoms with Gasteiger partial charge in [0.1, 0.15) is 16.6 Å². The van der Waals surface area contributed by atoms with Crippen LogP contribution in [0, 0.1) is 0 Å². The standard InChI is InChI=1S/C17H8F12O2S2/c18-14(19,20)8-1-9(15(21,22)23)4-12(3-8)30-32-7-33-31-13-5-10(16(24,25)26)2-11(6-13)17(27,28)29/h1-6H,7H2. The lowest BCUT2D eigenvalue weighted by atomic mass is 10.1. The van der Waals surface area contributed by atoms with Crippen molar-refractivity contribution in [3.05, 3.63) is 58.7 Å². The summed E-state index contributed by atoms with van der Waals surface area (Å²) in [5.74, 6) is -1.66. The fourth-order valence-corrected chi connectivity index (χ4v) is 3.16. The highest BCUT2D eigenvalue weighted by molar-refractivity contribution is 8.12. The number of alkyl halides is 12. The van der Waals surface area contributed by atoms with E-state index in [0.29, 0.717) is 0 Å². The molecule has 184 valence electrons. The van der Waals surface area contributed by atoms with Crippen molar-refractivity contribution in [1.29, 1.82) is 0 Å². The fourth-order valence-electron chi connectivity index (χ4n) is 2.15. The Balaban J connectivity index is 2.07. The molecule has 33 heavy (non-hydrogen) atoms.